The lowest BCUT2D eigenvalue weighted by molar-refractivity contribution is 0.425. The molecule has 0 unspecified atom stereocenters. The maximum atomic E-state index is 12.3. The van der Waals surface area contributed by atoms with Crippen LogP contribution in [-0.2, 0) is 29.3 Å². The molecule has 1 aliphatic heterocycles. The zero-order chi connectivity index (χ0) is 14.6. The van der Waals surface area contributed by atoms with Gasteiger partial charge < -0.3 is 0 Å². The molecule has 0 saturated carbocycles. The summed E-state index contributed by atoms with van der Waals surface area (Å²) >= 11 is 0. The maximum Gasteiger partial charge on any atom is 0.214 e. The van der Waals surface area contributed by atoms with E-state index < -0.39 is 10.0 Å². The highest BCUT2D eigenvalue weighted by atomic mass is 32.2. The van der Waals surface area contributed by atoms with Crippen LogP contribution in [0.5, 0.6) is 0 Å². The fraction of sp³-hybridized carbons (Fsp3) is 0.714. The molecule has 0 atom stereocenters. The van der Waals surface area contributed by atoms with Crippen LogP contribution in [-0.4, -0.2) is 41.5 Å². The normalized spacial score (nSPS) is 16.7. The molecular weight excluding hydrogens is 274 g/mol. The lowest BCUT2D eigenvalue weighted by atomic mass is 10.1. The van der Waals surface area contributed by atoms with E-state index in [1.54, 1.807) is 10.6 Å². The van der Waals surface area contributed by atoms with E-state index in [1.807, 2.05) is 6.92 Å². The first-order chi connectivity index (χ1) is 9.58. The SMILES string of the molecule is CCCCS(=O)(=O)N1CCc2ncnc(CC)c2CC1. The summed E-state index contributed by atoms with van der Waals surface area (Å²) in [6, 6.07) is 0. The summed E-state index contributed by atoms with van der Waals surface area (Å²) in [4.78, 5) is 8.64. The van der Waals surface area contributed by atoms with E-state index in [4.69, 9.17) is 0 Å². The Bertz CT molecular complexity index is 558. The molecular formula is C14H23N3O2S. The summed E-state index contributed by atoms with van der Waals surface area (Å²) in [5, 5.41) is 0. The van der Waals surface area contributed by atoms with Crippen LogP contribution in [0.15, 0.2) is 6.33 Å². The highest BCUT2D eigenvalue weighted by Crippen LogP contribution is 2.19. The molecule has 0 radical (unpaired) electrons. The molecule has 2 heterocycles. The minimum absolute atomic E-state index is 0.256. The van der Waals surface area contributed by atoms with Crippen molar-refractivity contribution in [2.24, 2.45) is 0 Å². The Kier molecular flexibility index (Phi) is 5.10. The molecule has 0 spiro atoms. The summed E-state index contributed by atoms with van der Waals surface area (Å²) in [6.07, 6.45) is 5.51. The molecule has 20 heavy (non-hydrogen) atoms. The molecule has 112 valence electrons. The number of fused-ring (bicyclic) bond motifs is 1. The molecule has 5 nitrogen and oxygen atoms in total. The van der Waals surface area contributed by atoms with Gasteiger partial charge in [-0.25, -0.2) is 22.7 Å². The van der Waals surface area contributed by atoms with Crippen LogP contribution < -0.4 is 0 Å². The minimum Gasteiger partial charge on any atom is -0.241 e. The number of aromatic nitrogens is 2. The number of hydrogen-bond donors (Lipinski definition) is 0. The van der Waals surface area contributed by atoms with Crippen LogP contribution in [0.3, 0.4) is 0 Å². The van der Waals surface area contributed by atoms with Gasteiger partial charge in [0.05, 0.1) is 5.75 Å². The lowest BCUT2D eigenvalue weighted by Crippen LogP contribution is -2.35. The van der Waals surface area contributed by atoms with Crippen molar-refractivity contribution in [1.82, 2.24) is 14.3 Å². The fourth-order valence-electron chi connectivity index (χ4n) is 2.61. The number of unbranched alkanes of at least 4 members (excludes halogenated alkanes) is 1. The average Bonchev–Trinajstić information content (AvgIpc) is 2.67. The Hall–Kier alpha value is -1.01. The van der Waals surface area contributed by atoms with E-state index in [1.165, 1.54) is 0 Å². The molecule has 0 aliphatic carbocycles. The van der Waals surface area contributed by atoms with E-state index in [9.17, 15) is 8.42 Å². The van der Waals surface area contributed by atoms with Crippen molar-refractivity contribution in [3.05, 3.63) is 23.3 Å². The molecule has 1 aromatic rings. The van der Waals surface area contributed by atoms with Crippen molar-refractivity contribution in [2.75, 3.05) is 18.8 Å². The highest BCUT2D eigenvalue weighted by molar-refractivity contribution is 7.89. The van der Waals surface area contributed by atoms with E-state index in [0.717, 1.165) is 42.6 Å². The Balaban J connectivity index is 2.16. The lowest BCUT2D eigenvalue weighted by Gasteiger charge is -2.19. The molecule has 0 amide bonds. The first-order valence-corrected chi connectivity index (χ1v) is 8.98. The predicted octanol–water partition coefficient (Wildman–Crippen LogP) is 1.57. The third-order valence-corrected chi connectivity index (χ3v) is 5.77. The average molecular weight is 297 g/mol. The first kappa shape index (κ1) is 15.4. The number of hydrogen-bond acceptors (Lipinski definition) is 4. The van der Waals surface area contributed by atoms with Crippen molar-refractivity contribution < 1.29 is 8.42 Å². The smallest absolute Gasteiger partial charge is 0.214 e. The second kappa shape index (κ2) is 6.63. The maximum absolute atomic E-state index is 12.3. The number of sulfonamides is 1. The molecule has 1 aliphatic rings. The van der Waals surface area contributed by atoms with Gasteiger partial charge in [0, 0.05) is 30.9 Å². The van der Waals surface area contributed by atoms with Gasteiger partial charge in [0.25, 0.3) is 0 Å². The van der Waals surface area contributed by atoms with E-state index in [2.05, 4.69) is 16.9 Å². The topological polar surface area (TPSA) is 63.2 Å². The van der Waals surface area contributed by atoms with Crippen LogP contribution in [0, 0.1) is 0 Å². The molecule has 2 rings (SSSR count). The van der Waals surface area contributed by atoms with Gasteiger partial charge in [-0.2, -0.15) is 0 Å². The minimum atomic E-state index is -3.12. The molecule has 1 aromatic heterocycles. The Morgan fingerprint density at radius 1 is 1.20 bits per heavy atom. The Morgan fingerprint density at radius 3 is 2.65 bits per heavy atom. The predicted molar refractivity (Wildman–Crippen MR) is 79.1 cm³/mol. The summed E-state index contributed by atoms with van der Waals surface area (Å²) < 4.78 is 26.2. The largest absolute Gasteiger partial charge is 0.241 e. The van der Waals surface area contributed by atoms with Gasteiger partial charge in [-0.15, -0.1) is 0 Å². The van der Waals surface area contributed by atoms with Crippen LogP contribution >= 0.6 is 0 Å². The standard InChI is InChI=1S/C14H23N3O2S/c1-3-5-10-20(18,19)17-8-6-12-13(4-2)15-11-16-14(12)7-9-17/h11H,3-10H2,1-2H3. The van der Waals surface area contributed by atoms with Crippen LogP contribution in [0.4, 0.5) is 0 Å². The van der Waals surface area contributed by atoms with Crippen molar-refractivity contribution >= 4 is 10.0 Å². The van der Waals surface area contributed by atoms with Gasteiger partial charge >= 0.3 is 0 Å². The Morgan fingerprint density at radius 2 is 1.95 bits per heavy atom. The van der Waals surface area contributed by atoms with Gasteiger partial charge in [-0.3, -0.25) is 0 Å². The first-order valence-electron chi connectivity index (χ1n) is 7.38. The summed E-state index contributed by atoms with van der Waals surface area (Å²) in [5.41, 5.74) is 3.23. The van der Waals surface area contributed by atoms with E-state index in [-0.39, 0.29) is 5.75 Å². The van der Waals surface area contributed by atoms with Crippen molar-refractivity contribution in [2.45, 2.75) is 46.0 Å². The summed E-state index contributed by atoms with van der Waals surface area (Å²) in [5.74, 6) is 0.256. The number of aryl methyl sites for hydroxylation is 1. The van der Waals surface area contributed by atoms with Crippen LogP contribution in [0.1, 0.15) is 43.6 Å². The number of rotatable bonds is 5. The Labute approximate surface area is 121 Å². The van der Waals surface area contributed by atoms with Gasteiger partial charge in [-0.1, -0.05) is 20.3 Å². The van der Waals surface area contributed by atoms with E-state index in [0.29, 0.717) is 19.5 Å². The number of nitrogens with zero attached hydrogens (tertiary/aromatic N) is 3. The van der Waals surface area contributed by atoms with Crippen LogP contribution in [0.2, 0.25) is 0 Å². The second-order valence-electron chi connectivity index (χ2n) is 5.17. The molecule has 0 saturated heterocycles. The monoisotopic (exact) mass is 297 g/mol. The molecule has 0 bridgehead atoms. The van der Waals surface area contributed by atoms with Crippen LogP contribution in [0.25, 0.3) is 0 Å². The zero-order valence-electron chi connectivity index (χ0n) is 12.3. The summed E-state index contributed by atoms with van der Waals surface area (Å²) in [7, 11) is -3.12. The fourth-order valence-corrected chi connectivity index (χ4v) is 4.26. The van der Waals surface area contributed by atoms with Crippen molar-refractivity contribution in [3.8, 4) is 0 Å². The van der Waals surface area contributed by atoms with Gasteiger partial charge in [0.15, 0.2) is 0 Å². The molecule has 6 heteroatoms. The quantitative estimate of drug-likeness (QED) is 0.827. The van der Waals surface area contributed by atoms with Gasteiger partial charge in [0.2, 0.25) is 10.0 Å². The van der Waals surface area contributed by atoms with Crippen molar-refractivity contribution in [1.29, 1.82) is 0 Å². The van der Waals surface area contributed by atoms with E-state index >= 15 is 0 Å². The summed E-state index contributed by atoms with van der Waals surface area (Å²) in [6.45, 7) is 5.18. The molecule has 0 fully saturated rings. The van der Waals surface area contributed by atoms with Gasteiger partial charge in [-0.05, 0) is 24.8 Å². The van der Waals surface area contributed by atoms with Gasteiger partial charge in [0.1, 0.15) is 6.33 Å². The second-order valence-corrected chi connectivity index (χ2v) is 7.26. The third kappa shape index (κ3) is 3.35. The third-order valence-electron chi connectivity index (χ3n) is 3.82. The highest BCUT2D eigenvalue weighted by Gasteiger charge is 2.25. The zero-order valence-corrected chi connectivity index (χ0v) is 13.1. The molecule has 0 aromatic carbocycles. The molecule has 0 N–H and O–H groups in total. The van der Waals surface area contributed by atoms with Crippen molar-refractivity contribution in [3.63, 3.8) is 0 Å².